The zero-order valence-corrected chi connectivity index (χ0v) is 11.2. The van der Waals surface area contributed by atoms with Crippen LogP contribution in [0.3, 0.4) is 0 Å². The van der Waals surface area contributed by atoms with E-state index >= 15 is 0 Å². The van der Waals surface area contributed by atoms with Gasteiger partial charge in [0.15, 0.2) is 0 Å². The van der Waals surface area contributed by atoms with Crippen LogP contribution in [0.1, 0.15) is 33.1 Å². The fourth-order valence-corrected chi connectivity index (χ4v) is 1.77. The highest BCUT2D eigenvalue weighted by atomic mass is 16.1. The Labute approximate surface area is 99.6 Å². The Bertz CT molecular complexity index is 202. The van der Waals surface area contributed by atoms with Crippen LogP contribution >= 0.6 is 0 Å². The third kappa shape index (κ3) is 8.68. The lowest BCUT2D eigenvalue weighted by Gasteiger charge is -2.28. The molecule has 4 heteroatoms. The van der Waals surface area contributed by atoms with Crippen LogP contribution in [0, 0.1) is 5.41 Å². The molecule has 0 aromatic heterocycles. The highest BCUT2D eigenvalue weighted by molar-refractivity contribution is 5.75. The fourth-order valence-electron chi connectivity index (χ4n) is 1.77. The van der Waals surface area contributed by atoms with Gasteiger partial charge in [0.25, 0.3) is 0 Å². The van der Waals surface area contributed by atoms with Crippen LogP contribution in [-0.4, -0.2) is 44.5 Å². The van der Waals surface area contributed by atoms with Crippen molar-refractivity contribution in [2.24, 2.45) is 11.1 Å². The summed E-state index contributed by atoms with van der Waals surface area (Å²) in [6.45, 7) is 6.68. The first-order valence-electron chi connectivity index (χ1n) is 5.99. The van der Waals surface area contributed by atoms with E-state index in [-0.39, 0.29) is 11.3 Å². The lowest BCUT2D eigenvalue weighted by molar-refractivity contribution is -0.121. The monoisotopic (exact) mass is 229 g/mol. The minimum Gasteiger partial charge on any atom is -0.356 e. The molecular weight excluding hydrogens is 202 g/mol. The summed E-state index contributed by atoms with van der Waals surface area (Å²) in [4.78, 5) is 13.6. The van der Waals surface area contributed by atoms with Crippen LogP contribution in [0.25, 0.3) is 0 Å². The average Bonchev–Trinajstić information content (AvgIpc) is 2.13. The fraction of sp³-hybridized carbons (Fsp3) is 0.917. The van der Waals surface area contributed by atoms with Crippen molar-refractivity contribution in [2.45, 2.75) is 33.1 Å². The molecule has 0 spiro atoms. The average molecular weight is 229 g/mol. The van der Waals surface area contributed by atoms with Gasteiger partial charge in [-0.05, 0) is 38.9 Å². The maximum Gasteiger partial charge on any atom is 0.220 e. The molecule has 3 N–H and O–H groups in total. The van der Waals surface area contributed by atoms with Crippen molar-refractivity contribution < 1.29 is 4.79 Å². The predicted octanol–water partition coefficient (Wildman–Crippen LogP) is 0.819. The summed E-state index contributed by atoms with van der Waals surface area (Å²) in [6, 6.07) is 0. The van der Waals surface area contributed by atoms with Crippen molar-refractivity contribution in [3.63, 3.8) is 0 Å². The Kier molecular flexibility index (Phi) is 7.34. The molecule has 0 bridgehead atoms. The summed E-state index contributed by atoms with van der Waals surface area (Å²) in [6.07, 6.45) is 2.40. The molecule has 0 aromatic rings. The van der Waals surface area contributed by atoms with E-state index < -0.39 is 0 Å². The molecule has 0 unspecified atom stereocenters. The number of carbonyl (C=O) groups is 1. The third-order valence-corrected chi connectivity index (χ3v) is 2.37. The molecule has 0 aliphatic heterocycles. The van der Waals surface area contributed by atoms with E-state index in [4.69, 9.17) is 5.73 Å². The first-order chi connectivity index (χ1) is 7.37. The summed E-state index contributed by atoms with van der Waals surface area (Å²) >= 11 is 0. The van der Waals surface area contributed by atoms with Crippen LogP contribution in [-0.2, 0) is 4.79 Å². The normalized spacial score (nSPS) is 11.9. The van der Waals surface area contributed by atoms with Crippen molar-refractivity contribution >= 4 is 5.91 Å². The van der Waals surface area contributed by atoms with Crippen LogP contribution in [0.2, 0.25) is 0 Å². The highest BCUT2D eigenvalue weighted by Gasteiger charge is 2.19. The molecule has 0 fully saturated rings. The van der Waals surface area contributed by atoms with Gasteiger partial charge < -0.3 is 16.0 Å². The molecule has 0 saturated heterocycles. The smallest absolute Gasteiger partial charge is 0.220 e. The number of nitrogens with zero attached hydrogens (tertiary/aromatic N) is 1. The minimum atomic E-state index is 0.118. The van der Waals surface area contributed by atoms with Gasteiger partial charge in [0.2, 0.25) is 5.91 Å². The second kappa shape index (κ2) is 7.63. The number of carbonyl (C=O) groups excluding carboxylic acids is 1. The third-order valence-electron chi connectivity index (χ3n) is 2.37. The maximum atomic E-state index is 11.5. The summed E-state index contributed by atoms with van der Waals surface area (Å²) in [5, 5.41) is 2.98. The molecule has 0 aromatic carbocycles. The van der Waals surface area contributed by atoms with Gasteiger partial charge >= 0.3 is 0 Å². The highest BCUT2D eigenvalue weighted by Crippen LogP contribution is 2.14. The van der Waals surface area contributed by atoms with E-state index in [9.17, 15) is 4.79 Å². The lowest BCUT2D eigenvalue weighted by atomic mass is 9.93. The number of hydrogen-bond donors (Lipinski definition) is 2. The van der Waals surface area contributed by atoms with Crippen LogP contribution in [0.5, 0.6) is 0 Å². The van der Waals surface area contributed by atoms with Gasteiger partial charge in [-0.15, -0.1) is 0 Å². The molecule has 16 heavy (non-hydrogen) atoms. The minimum absolute atomic E-state index is 0.118. The van der Waals surface area contributed by atoms with Crippen molar-refractivity contribution in [3.05, 3.63) is 0 Å². The lowest BCUT2D eigenvalue weighted by Crippen LogP contribution is -2.39. The number of unbranched alkanes of at least 4 members (excludes halogenated alkanes) is 1. The van der Waals surface area contributed by atoms with Crippen LogP contribution in [0.15, 0.2) is 0 Å². The van der Waals surface area contributed by atoms with E-state index in [0.29, 0.717) is 13.0 Å². The van der Waals surface area contributed by atoms with Crippen molar-refractivity contribution in [1.29, 1.82) is 0 Å². The Balaban J connectivity index is 3.72. The van der Waals surface area contributed by atoms with Crippen LogP contribution in [0.4, 0.5) is 0 Å². The van der Waals surface area contributed by atoms with Crippen molar-refractivity contribution in [1.82, 2.24) is 10.2 Å². The number of hydrogen-bond acceptors (Lipinski definition) is 3. The van der Waals surface area contributed by atoms with Gasteiger partial charge in [0, 0.05) is 19.5 Å². The second-order valence-corrected chi connectivity index (χ2v) is 5.42. The Hall–Kier alpha value is -0.610. The maximum absolute atomic E-state index is 11.5. The van der Waals surface area contributed by atoms with Gasteiger partial charge in [-0.1, -0.05) is 13.8 Å². The molecule has 0 rings (SSSR count). The molecule has 0 atom stereocenters. The predicted molar refractivity (Wildman–Crippen MR) is 68.3 cm³/mol. The zero-order chi connectivity index (χ0) is 12.6. The Morgan fingerprint density at radius 1 is 1.31 bits per heavy atom. The van der Waals surface area contributed by atoms with Crippen LogP contribution < -0.4 is 11.1 Å². The van der Waals surface area contributed by atoms with E-state index in [1.807, 2.05) is 14.1 Å². The van der Waals surface area contributed by atoms with Crippen molar-refractivity contribution in [3.8, 4) is 0 Å². The van der Waals surface area contributed by atoms with Gasteiger partial charge in [-0.25, -0.2) is 0 Å². The van der Waals surface area contributed by atoms with E-state index in [1.165, 1.54) is 0 Å². The van der Waals surface area contributed by atoms with E-state index in [1.54, 1.807) is 0 Å². The molecule has 0 aliphatic rings. The molecule has 0 saturated carbocycles. The summed E-state index contributed by atoms with van der Waals surface area (Å²) < 4.78 is 0. The standard InChI is InChI=1S/C12H27N3O/c1-12(2,10-15(3)4)9-14-11(16)7-5-6-8-13/h5-10,13H2,1-4H3,(H,14,16). The van der Waals surface area contributed by atoms with E-state index in [2.05, 4.69) is 24.1 Å². The number of nitrogens with one attached hydrogen (secondary N) is 1. The molecule has 0 heterocycles. The molecule has 0 radical (unpaired) electrons. The number of rotatable bonds is 8. The number of amides is 1. The van der Waals surface area contributed by atoms with Gasteiger partial charge in [-0.2, -0.15) is 0 Å². The van der Waals surface area contributed by atoms with Gasteiger partial charge in [-0.3, -0.25) is 4.79 Å². The van der Waals surface area contributed by atoms with Gasteiger partial charge in [0.05, 0.1) is 0 Å². The first kappa shape index (κ1) is 15.4. The Morgan fingerprint density at radius 3 is 2.44 bits per heavy atom. The topological polar surface area (TPSA) is 58.4 Å². The first-order valence-corrected chi connectivity index (χ1v) is 5.99. The number of nitrogens with two attached hydrogens (primary N) is 1. The molecule has 0 aliphatic carbocycles. The van der Waals surface area contributed by atoms with E-state index in [0.717, 1.165) is 25.9 Å². The quantitative estimate of drug-likeness (QED) is 0.606. The molecule has 96 valence electrons. The van der Waals surface area contributed by atoms with Gasteiger partial charge in [0.1, 0.15) is 0 Å². The SMILES string of the molecule is CN(C)CC(C)(C)CNC(=O)CCCCN. The summed E-state index contributed by atoms with van der Waals surface area (Å²) in [5.41, 5.74) is 5.49. The molecular formula is C12H27N3O. The zero-order valence-electron chi connectivity index (χ0n) is 11.2. The van der Waals surface area contributed by atoms with Crippen molar-refractivity contribution in [2.75, 3.05) is 33.7 Å². The summed E-state index contributed by atoms with van der Waals surface area (Å²) in [7, 11) is 4.09. The molecule has 1 amide bonds. The summed E-state index contributed by atoms with van der Waals surface area (Å²) in [5.74, 6) is 0.139. The second-order valence-electron chi connectivity index (χ2n) is 5.42. The largest absolute Gasteiger partial charge is 0.356 e. The Morgan fingerprint density at radius 2 is 1.94 bits per heavy atom. The molecule has 4 nitrogen and oxygen atoms in total.